The highest BCUT2D eigenvalue weighted by atomic mass is 16.7. The van der Waals surface area contributed by atoms with Crippen molar-refractivity contribution in [2.45, 2.75) is 137 Å². The standard InChI is InChI=1S/C39H54B2O8/c1-12-16-30(13-2)42-27(3)43-34-18-15-14-17-33(34)35(44-31-23-19-28(20-24-31)40-46-36(4,5)37(6,7)47-40)45-32-25-21-29(22-26-32)41-48-38(8,9)39(10,11)49-41/h14-15,17-27,30,35H,12-13,16H2,1-11H3. The average Bonchev–Trinajstić information content (AvgIpc) is 3.40. The van der Waals surface area contributed by atoms with Crippen molar-refractivity contribution in [3.63, 3.8) is 0 Å². The van der Waals surface area contributed by atoms with E-state index in [0.717, 1.165) is 35.8 Å². The van der Waals surface area contributed by atoms with E-state index in [1.807, 2.05) is 135 Å². The molecule has 2 saturated heterocycles. The van der Waals surface area contributed by atoms with Crippen LogP contribution in [0.25, 0.3) is 0 Å². The van der Waals surface area contributed by atoms with E-state index in [-0.39, 0.29) is 6.10 Å². The molecule has 3 aromatic carbocycles. The lowest BCUT2D eigenvalue weighted by Crippen LogP contribution is -2.41. The van der Waals surface area contributed by atoms with Crippen molar-refractivity contribution in [1.82, 2.24) is 0 Å². The van der Waals surface area contributed by atoms with Gasteiger partial charge < -0.3 is 37.6 Å². The van der Waals surface area contributed by atoms with E-state index in [1.54, 1.807) is 0 Å². The zero-order valence-corrected chi connectivity index (χ0v) is 31.2. The maximum absolute atomic E-state index is 6.58. The van der Waals surface area contributed by atoms with Crippen molar-refractivity contribution in [2.75, 3.05) is 0 Å². The van der Waals surface area contributed by atoms with Crippen LogP contribution in [0.2, 0.25) is 0 Å². The van der Waals surface area contributed by atoms with Gasteiger partial charge in [0.2, 0.25) is 0 Å². The third kappa shape index (κ3) is 8.49. The van der Waals surface area contributed by atoms with Gasteiger partial charge in [0.1, 0.15) is 17.2 Å². The van der Waals surface area contributed by atoms with Gasteiger partial charge in [-0.05, 0) is 122 Å². The molecular formula is C39H54B2O8. The average molecular weight is 672 g/mol. The van der Waals surface area contributed by atoms with E-state index in [9.17, 15) is 0 Å². The predicted molar refractivity (Wildman–Crippen MR) is 195 cm³/mol. The molecule has 8 nitrogen and oxygen atoms in total. The van der Waals surface area contributed by atoms with Crippen molar-refractivity contribution in [2.24, 2.45) is 0 Å². The van der Waals surface area contributed by atoms with Gasteiger partial charge >= 0.3 is 14.2 Å². The molecule has 0 saturated carbocycles. The van der Waals surface area contributed by atoms with Crippen LogP contribution < -0.4 is 25.1 Å². The monoisotopic (exact) mass is 672 g/mol. The zero-order valence-electron chi connectivity index (χ0n) is 31.2. The van der Waals surface area contributed by atoms with Crippen LogP contribution >= 0.6 is 0 Å². The number of benzene rings is 3. The van der Waals surface area contributed by atoms with Crippen molar-refractivity contribution in [3.05, 3.63) is 78.4 Å². The summed E-state index contributed by atoms with van der Waals surface area (Å²) in [6.45, 7) is 22.6. The van der Waals surface area contributed by atoms with Crippen LogP contribution in [0.15, 0.2) is 72.8 Å². The van der Waals surface area contributed by atoms with E-state index >= 15 is 0 Å². The Balaban J connectivity index is 1.39. The molecule has 0 amide bonds. The smallest absolute Gasteiger partial charge is 0.465 e. The number of hydrogen-bond donors (Lipinski definition) is 0. The first-order valence-corrected chi connectivity index (χ1v) is 17.7. The van der Waals surface area contributed by atoms with Crippen LogP contribution in [0, 0.1) is 0 Å². The molecule has 264 valence electrons. The molecule has 2 aliphatic rings. The summed E-state index contributed by atoms with van der Waals surface area (Å²) in [5, 5.41) is 0. The maximum atomic E-state index is 6.58. The lowest BCUT2D eigenvalue weighted by molar-refractivity contribution is -0.112. The summed E-state index contributed by atoms with van der Waals surface area (Å²) in [5.41, 5.74) is 0.836. The van der Waals surface area contributed by atoms with Crippen molar-refractivity contribution in [1.29, 1.82) is 0 Å². The molecule has 5 rings (SSSR count). The Morgan fingerprint density at radius 3 is 1.43 bits per heavy atom. The third-order valence-electron chi connectivity index (χ3n) is 10.2. The summed E-state index contributed by atoms with van der Waals surface area (Å²) in [7, 11) is -0.937. The Labute approximate surface area is 294 Å². The molecule has 0 radical (unpaired) electrons. The number of ether oxygens (including phenoxy) is 4. The molecule has 2 unspecified atom stereocenters. The Bertz CT molecular complexity index is 1410. The Morgan fingerprint density at radius 1 is 0.592 bits per heavy atom. The first kappa shape index (κ1) is 37.3. The minimum Gasteiger partial charge on any atom is -0.465 e. The molecule has 0 spiro atoms. The van der Waals surface area contributed by atoms with Gasteiger partial charge in [0.05, 0.1) is 34.1 Å². The summed E-state index contributed by atoms with van der Waals surface area (Å²) in [5.74, 6) is 1.86. The molecule has 0 bridgehead atoms. The van der Waals surface area contributed by atoms with Gasteiger partial charge in [-0.1, -0.05) is 56.7 Å². The van der Waals surface area contributed by atoms with Crippen LogP contribution in [0.3, 0.4) is 0 Å². The second-order valence-corrected chi connectivity index (χ2v) is 15.1. The van der Waals surface area contributed by atoms with Crippen LogP contribution in [0.4, 0.5) is 0 Å². The molecule has 3 aromatic rings. The van der Waals surface area contributed by atoms with Gasteiger partial charge in [-0.3, -0.25) is 0 Å². The first-order valence-electron chi connectivity index (χ1n) is 17.7. The van der Waals surface area contributed by atoms with Crippen molar-refractivity contribution >= 4 is 25.2 Å². The molecule has 0 N–H and O–H groups in total. The van der Waals surface area contributed by atoms with Gasteiger partial charge in [0.25, 0.3) is 6.29 Å². The number of rotatable bonds is 14. The molecular weight excluding hydrogens is 618 g/mol. The van der Waals surface area contributed by atoms with Gasteiger partial charge in [-0.25, -0.2) is 0 Å². The minimum atomic E-state index is -0.841. The van der Waals surface area contributed by atoms with Crippen LogP contribution in [0.5, 0.6) is 17.2 Å². The van der Waals surface area contributed by atoms with Gasteiger partial charge in [0, 0.05) is 0 Å². The second-order valence-electron chi connectivity index (χ2n) is 15.1. The molecule has 2 aliphatic heterocycles. The maximum Gasteiger partial charge on any atom is 0.494 e. The number of hydrogen-bond acceptors (Lipinski definition) is 8. The second kappa shape index (κ2) is 14.7. The first-order chi connectivity index (χ1) is 23.0. The Kier molecular flexibility index (Phi) is 11.2. The number of para-hydroxylation sites is 1. The van der Waals surface area contributed by atoms with E-state index in [1.165, 1.54) is 0 Å². The molecule has 10 heteroatoms. The normalized spacial score (nSPS) is 20.3. The molecule has 2 fully saturated rings. The van der Waals surface area contributed by atoms with Gasteiger partial charge in [-0.2, -0.15) is 0 Å². The highest BCUT2D eigenvalue weighted by molar-refractivity contribution is 6.62. The largest absolute Gasteiger partial charge is 0.494 e. The zero-order chi connectivity index (χ0) is 35.6. The summed E-state index contributed by atoms with van der Waals surface area (Å²) in [6, 6.07) is 23.2. The van der Waals surface area contributed by atoms with Crippen LogP contribution in [0.1, 0.15) is 107 Å². The fraction of sp³-hybridized carbons (Fsp3) is 0.538. The highest BCUT2D eigenvalue weighted by Crippen LogP contribution is 2.38. The topological polar surface area (TPSA) is 73.8 Å². The SMILES string of the molecule is CCCC(CC)OC(C)Oc1ccccc1C(Oc1ccc(B2OC(C)(C)C(C)(C)O2)cc1)Oc1ccc(B2OC(C)(C)C(C)(C)O2)cc1. The fourth-order valence-electron chi connectivity index (χ4n) is 5.71. The van der Waals surface area contributed by atoms with Gasteiger partial charge in [0.15, 0.2) is 6.29 Å². The van der Waals surface area contributed by atoms with E-state index in [0.29, 0.717) is 17.2 Å². The summed E-state index contributed by atoms with van der Waals surface area (Å²) in [6.07, 6.45) is 1.77. The van der Waals surface area contributed by atoms with E-state index in [2.05, 4.69) is 13.8 Å². The molecule has 2 atom stereocenters. The quantitative estimate of drug-likeness (QED) is 0.127. The molecule has 2 heterocycles. The molecule has 0 aromatic heterocycles. The van der Waals surface area contributed by atoms with E-state index < -0.39 is 49.2 Å². The lowest BCUT2D eigenvalue weighted by atomic mass is 9.79. The predicted octanol–water partition coefficient (Wildman–Crippen LogP) is 7.76. The van der Waals surface area contributed by atoms with Crippen molar-refractivity contribution < 1.29 is 37.6 Å². The van der Waals surface area contributed by atoms with E-state index in [4.69, 9.17) is 37.6 Å². The summed E-state index contributed by atoms with van der Waals surface area (Å²) >= 11 is 0. The fourth-order valence-corrected chi connectivity index (χ4v) is 5.71. The minimum absolute atomic E-state index is 0.125. The summed E-state index contributed by atoms with van der Waals surface area (Å²) in [4.78, 5) is 0. The van der Waals surface area contributed by atoms with Crippen LogP contribution in [-0.2, 0) is 23.4 Å². The molecule has 0 aliphatic carbocycles. The lowest BCUT2D eigenvalue weighted by Gasteiger charge is -2.32. The Morgan fingerprint density at radius 2 is 1.02 bits per heavy atom. The Hall–Kier alpha value is -3.01. The van der Waals surface area contributed by atoms with Gasteiger partial charge in [-0.15, -0.1) is 0 Å². The van der Waals surface area contributed by atoms with Crippen LogP contribution in [-0.4, -0.2) is 49.0 Å². The third-order valence-corrected chi connectivity index (χ3v) is 10.2. The summed E-state index contributed by atoms with van der Waals surface area (Å²) < 4.78 is 50.8. The van der Waals surface area contributed by atoms with Crippen molar-refractivity contribution in [3.8, 4) is 17.2 Å². The highest BCUT2D eigenvalue weighted by Gasteiger charge is 2.52. The molecule has 49 heavy (non-hydrogen) atoms.